The molecule has 0 atom stereocenters. The zero-order chi connectivity index (χ0) is 36.3. The van der Waals surface area contributed by atoms with Gasteiger partial charge in [0.15, 0.2) is 17.5 Å². The van der Waals surface area contributed by atoms with Gasteiger partial charge in [0.25, 0.3) is 0 Å². The number of hydrogen-bond donors (Lipinski definition) is 0. The van der Waals surface area contributed by atoms with Gasteiger partial charge in [0.05, 0.1) is 0 Å². The Balaban J connectivity index is 1.10. The van der Waals surface area contributed by atoms with Gasteiger partial charge in [0.1, 0.15) is 11.2 Å². The van der Waals surface area contributed by atoms with Crippen molar-refractivity contribution < 1.29 is 4.42 Å². The van der Waals surface area contributed by atoms with E-state index in [0.717, 1.165) is 60.9 Å². The van der Waals surface area contributed by atoms with Crippen LogP contribution in [0.25, 0.3) is 111 Å². The van der Waals surface area contributed by atoms with Gasteiger partial charge in [-0.25, -0.2) is 15.0 Å². The van der Waals surface area contributed by atoms with Crippen LogP contribution in [0.2, 0.25) is 0 Å². The molecule has 0 spiro atoms. The van der Waals surface area contributed by atoms with E-state index >= 15 is 0 Å². The molecule has 11 aromatic rings. The highest BCUT2D eigenvalue weighted by Crippen LogP contribution is 2.40. The Morgan fingerprint density at radius 3 is 1.69 bits per heavy atom. The van der Waals surface area contributed by atoms with E-state index in [4.69, 9.17) is 19.4 Å². The average molecular weight is 702 g/mol. The van der Waals surface area contributed by atoms with Crippen LogP contribution < -0.4 is 0 Å². The lowest BCUT2D eigenvalue weighted by molar-refractivity contribution is 0.669. The molecule has 0 amide bonds. The van der Waals surface area contributed by atoms with Crippen LogP contribution in [-0.2, 0) is 0 Å². The Bertz CT molecular complexity index is 3260. The molecule has 0 saturated heterocycles. The minimum absolute atomic E-state index is 0.593. The van der Waals surface area contributed by atoms with E-state index in [1.54, 1.807) is 0 Å². The Morgan fingerprint density at radius 1 is 0.291 bits per heavy atom. The van der Waals surface area contributed by atoms with Crippen molar-refractivity contribution in [3.63, 3.8) is 0 Å². The topological polar surface area (TPSA) is 51.8 Å². The van der Waals surface area contributed by atoms with Crippen LogP contribution in [0.4, 0.5) is 0 Å². The quantitative estimate of drug-likeness (QED) is 0.168. The summed E-state index contributed by atoms with van der Waals surface area (Å²) in [5.41, 5.74) is 8.77. The summed E-state index contributed by atoms with van der Waals surface area (Å²) in [5.74, 6) is 1.82. The molecule has 2 aromatic heterocycles. The fraction of sp³-hybridized carbons (Fsp3) is 0. The summed E-state index contributed by atoms with van der Waals surface area (Å²) in [4.78, 5) is 15.6. The number of fused-ring (bicyclic) bond motifs is 8. The van der Waals surface area contributed by atoms with Gasteiger partial charge in [-0.15, -0.1) is 0 Å². The number of rotatable bonds is 5. The SMILES string of the molecule is c1ccc(-c2ccc3c(c2)oc2cccc(-c4nc(-c5ccccc5)nc(-c5ccccc5-c5ccc6ccc7c8ccccc8ccc7c6c5)n4)c23)cc1. The smallest absolute Gasteiger partial charge is 0.164 e. The molecule has 4 heteroatoms. The first-order valence-electron chi connectivity index (χ1n) is 18.5. The van der Waals surface area contributed by atoms with Crippen molar-refractivity contribution in [2.75, 3.05) is 0 Å². The Kier molecular flexibility index (Phi) is 7.14. The van der Waals surface area contributed by atoms with Gasteiger partial charge < -0.3 is 4.42 Å². The minimum atomic E-state index is 0.593. The number of nitrogens with zero attached hydrogens (tertiary/aromatic N) is 3. The summed E-state index contributed by atoms with van der Waals surface area (Å²) in [5, 5.41) is 9.41. The number of benzene rings is 9. The Morgan fingerprint density at radius 2 is 0.873 bits per heavy atom. The largest absolute Gasteiger partial charge is 0.456 e. The van der Waals surface area contributed by atoms with Crippen molar-refractivity contribution in [3.8, 4) is 56.4 Å². The van der Waals surface area contributed by atoms with Gasteiger partial charge in [0.2, 0.25) is 0 Å². The van der Waals surface area contributed by atoms with Gasteiger partial charge in [-0.05, 0) is 78.8 Å². The summed E-state index contributed by atoms with van der Waals surface area (Å²) in [6, 6.07) is 65.8. The zero-order valence-corrected chi connectivity index (χ0v) is 29.6. The highest BCUT2D eigenvalue weighted by Gasteiger charge is 2.20. The van der Waals surface area contributed by atoms with Gasteiger partial charge in [0, 0.05) is 27.5 Å². The molecule has 0 aliphatic heterocycles. The van der Waals surface area contributed by atoms with Crippen molar-refractivity contribution in [1.82, 2.24) is 15.0 Å². The van der Waals surface area contributed by atoms with Crippen LogP contribution in [-0.4, -0.2) is 15.0 Å². The van der Waals surface area contributed by atoms with Crippen LogP contribution in [0.1, 0.15) is 0 Å². The van der Waals surface area contributed by atoms with Crippen LogP contribution in [0, 0.1) is 0 Å². The van der Waals surface area contributed by atoms with Crippen LogP contribution in [0.15, 0.2) is 192 Å². The Labute approximate surface area is 317 Å². The van der Waals surface area contributed by atoms with E-state index in [1.807, 2.05) is 48.5 Å². The minimum Gasteiger partial charge on any atom is -0.456 e. The standard InChI is InChI=1S/C51H31N3O/c1-3-12-32(13-4-1)36-26-29-43-47(31-36)55-46-21-11-20-44(48(43)46)51-53-49(35-15-5-2-6-16-35)52-50(54-51)42-19-10-9-18-39(42)37-23-22-34-25-27-40-38-17-8-7-14-33(38)24-28-41(40)45(34)30-37/h1-31H. The molecule has 55 heavy (non-hydrogen) atoms. The van der Waals surface area contributed by atoms with E-state index in [-0.39, 0.29) is 0 Å². The van der Waals surface area contributed by atoms with Crippen LogP contribution >= 0.6 is 0 Å². The van der Waals surface area contributed by atoms with Crippen LogP contribution in [0.5, 0.6) is 0 Å². The second-order valence-corrected chi connectivity index (χ2v) is 14.0. The van der Waals surface area contributed by atoms with Gasteiger partial charge in [-0.2, -0.15) is 0 Å². The van der Waals surface area contributed by atoms with E-state index in [2.05, 4.69) is 140 Å². The molecule has 0 N–H and O–H groups in total. The highest BCUT2D eigenvalue weighted by atomic mass is 16.3. The summed E-state index contributed by atoms with van der Waals surface area (Å²) < 4.78 is 6.50. The summed E-state index contributed by atoms with van der Waals surface area (Å²) in [6.07, 6.45) is 0. The van der Waals surface area contributed by atoms with E-state index in [0.29, 0.717) is 17.5 Å². The van der Waals surface area contributed by atoms with Gasteiger partial charge in [-0.1, -0.05) is 164 Å². The second-order valence-electron chi connectivity index (χ2n) is 14.0. The van der Waals surface area contributed by atoms with Crippen molar-refractivity contribution in [2.24, 2.45) is 0 Å². The molecule has 0 aliphatic carbocycles. The highest BCUT2D eigenvalue weighted by molar-refractivity contribution is 6.18. The van der Waals surface area contributed by atoms with Gasteiger partial charge >= 0.3 is 0 Å². The third-order valence-corrected chi connectivity index (χ3v) is 10.7. The molecular formula is C51H31N3O. The third-order valence-electron chi connectivity index (χ3n) is 10.7. The zero-order valence-electron chi connectivity index (χ0n) is 29.6. The first kappa shape index (κ1) is 31.1. The summed E-state index contributed by atoms with van der Waals surface area (Å²) in [7, 11) is 0. The number of hydrogen-bond acceptors (Lipinski definition) is 4. The Hall–Kier alpha value is -7.43. The summed E-state index contributed by atoms with van der Waals surface area (Å²) in [6.45, 7) is 0. The number of furan rings is 1. The first-order chi connectivity index (χ1) is 27.2. The fourth-order valence-corrected chi connectivity index (χ4v) is 8.07. The molecule has 11 rings (SSSR count). The molecule has 0 bridgehead atoms. The predicted octanol–water partition coefficient (Wildman–Crippen LogP) is 13.6. The molecule has 0 unspecified atom stereocenters. The molecule has 2 heterocycles. The lowest BCUT2D eigenvalue weighted by Crippen LogP contribution is -2.01. The van der Waals surface area contributed by atoms with Crippen molar-refractivity contribution in [3.05, 3.63) is 188 Å². The molecule has 0 fully saturated rings. The molecule has 256 valence electrons. The lowest BCUT2D eigenvalue weighted by atomic mass is 9.93. The predicted molar refractivity (Wildman–Crippen MR) is 227 cm³/mol. The average Bonchev–Trinajstić information content (AvgIpc) is 3.65. The van der Waals surface area contributed by atoms with Crippen molar-refractivity contribution >= 4 is 54.3 Å². The molecule has 4 nitrogen and oxygen atoms in total. The summed E-state index contributed by atoms with van der Waals surface area (Å²) >= 11 is 0. The fourth-order valence-electron chi connectivity index (χ4n) is 8.07. The maximum atomic E-state index is 6.50. The van der Waals surface area contributed by atoms with Crippen molar-refractivity contribution in [2.45, 2.75) is 0 Å². The van der Waals surface area contributed by atoms with Gasteiger partial charge in [-0.3, -0.25) is 0 Å². The lowest BCUT2D eigenvalue weighted by Gasteiger charge is -2.14. The number of aromatic nitrogens is 3. The molecule has 0 saturated carbocycles. The maximum Gasteiger partial charge on any atom is 0.164 e. The van der Waals surface area contributed by atoms with E-state index in [1.165, 1.54) is 32.3 Å². The van der Waals surface area contributed by atoms with Crippen LogP contribution in [0.3, 0.4) is 0 Å². The second kappa shape index (κ2) is 12.6. The first-order valence-corrected chi connectivity index (χ1v) is 18.5. The van der Waals surface area contributed by atoms with E-state index in [9.17, 15) is 0 Å². The third kappa shape index (κ3) is 5.26. The van der Waals surface area contributed by atoms with Crippen molar-refractivity contribution in [1.29, 1.82) is 0 Å². The molecule has 0 aliphatic rings. The molecule has 9 aromatic carbocycles. The molecule has 0 radical (unpaired) electrons. The van der Waals surface area contributed by atoms with E-state index < -0.39 is 0 Å². The monoisotopic (exact) mass is 701 g/mol. The maximum absolute atomic E-state index is 6.50. The normalized spacial score (nSPS) is 11.6. The molecular weight excluding hydrogens is 671 g/mol.